The number of phenolic OH excluding ortho intramolecular Hbond substituents is 1. The molecule has 1 aliphatic heterocycles. The van der Waals surface area contributed by atoms with Gasteiger partial charge in [-0.15, -0.1) is 0 Å². The lowest BCUT2D eigenvalue weighted by Crippen LogP contribution is -2.44. The monoisotopic (exact) mass is 511 g/mol. The number of aliphatic hydroxyl groups excluding tert-OH is 1. The average molecular weight is 512 g/mol. The number of carbonyl (C=O) groups excluding carboxylic acids is 2. The fraction of sp³-hybridized carbons (Fsp3) is 0.448. The molecular weight excluding hydrogens is 474 g/mol. The number of aliphatic hydroxyl groups is 1. The van der Waals surface area contributed by atoms with E-state index in [0.29, 0.717) is 12.8 Å². The van der Waals surface area contributed by atoms with Crippen molar-refractivity contribution >= 4 is 29.3 Å². The SMILES string of the molecule is CC(=O)Nc1cc(C(C)(C)C)c(SC2=C(O)C[C@](CCc3ccc(O)cc3)(C(C)C)OC2=O)cc1C. The Balaban J connectivity index is 1.92. The molecule has 3 N–H and O–H groups in total. The molecule has 0 fully saturated rings. The first-order chi connectivity index (χ1) is 16.7. The smallest absolute Gasteiger partial charge is 0.349 e. The summed E-state index contributed by atoms with van der Waals surface area (Å²) in [6.45, 7) is 13.6. The van der Waals surface area contributed by atoms with Crippen LogP contribution in [0.3, 0.4) is 0 Å². The van der Waals surface area contributed by atoms with Crippen molar-refractivity contribution in [2.75, 3.05) is 5.32 Å². The summed E-state index contributed by atoms with van der Waals surface area (Å²) >= 11 is 1.22. The standard InChI is InChI=1S/C29H37NO5S/c1-17(2)29(13-12-20-8-10-21(32)11-9-20)16-24(33)26(27(34)35-29)36-25-14-18(3)23(30-19(4)31)15-22(25)28(5,6)7/h8-11,14-15,17,32-33H,12-13,16H2,1-7H3,(H,30,31)/t29-/m1/s1. The van der Waals surface area contributed by atoms with Crippen LogP contribution in [0.5, 0.6) is 5.75 Å². The van der Waals surface area contributed by atoms with E-state index in [2.05, 4.69) is 26.1 Å². The first-order valence-electron chi connectivity index (χ1n) is 12.3. The number of anilines is 1. The number of benzene rings is 2. The minimum absolute atomic E-state index is 0.00316. The number of ether oxygens (including phenoxy) is 1. The Kier molecular flexibility index (Phi) is 8.13. The molecular formula is C29H37NO5S. The van der Waals surface area contributed by atoms with Crippen molar-refractivity contribution in [2.45, 2.75) is 83.6 Å². The summed E-state index contributed by atoms with van der Waals surface area (Å²) in [7, 11) is 0. The van der Waals surface area contributed by atoms with E-state index in [1.54, 1.807) is 12.1 Å². The highest BCUT2D eigenvalue weighted by Gasteiger charge is 2.44. The molecule has 0 aromatic heterocycles. The molecule has 2 aromatic rings. The molecule has 2 aromatic carbocycles. The Bertz CT molecular complexity index is 1180. The molecule has 7 heteroatoms. The number of hydrogen-bond donors (Lipinski definition) is 3. The molecule has 1 atom stereocenters. The van der Waals surface area contributed by atoms with Gasteiger partial charge in [-0.25, -0.2) is 4.79 Å². The van der Waals surface area contributed by atoms with Crippen LogP contribution in [0.1, 0.15) is 71.1 Å². The summed E-state index contributed by atoms with van der Waals surface area (Å²) in [4.78, 5) is 26.0. The number of cyclic esters (lactones) is 1. The topological polar surface area (TPSA) is 95.9 Å². The number of esters is 1. The highest BCUT2D eigenvalue weighted by molar-refractivity contribution is 8.04. The lowest BCUT2D eigenvalue weighted by molar-refractivity contribution is -0.164. The first kappa shape index (κ1) is 27.7. The van der Waals surface area contributed by atoms with E-state index in [1.807, 2.05) is 45.0 Å². The second-order valence-electron chi connectivity index (χ2n) is 10.9. The molecule has 0 spiro atoms. The van der Waals surface area contributed by atoms with Crippen LogP contribution < -0.4 is 5.32 Å². The summed E-state index contributed by atoms with van der Waals surface area (Å²) in [6.07, 6.45) is 1.45. The maximum Gasteiger partial charge on any atom is 0.349 e. The van der Waals surface area contributed by atoms with Gasteiger partial charge in [0.1, 0.15) is 22.0 Å². The van der Waals surface area contributed by atoms with E-state index in [9.17, 15) is 19.8 Å². The van der Waals surface area contributed by atoms with Crippen LogP contribution in [0.2, 0.25) is 0 Å². The fourth-order valence-electron chi connectivity index (χ4n) is 4.40. The third-order valence-electron chi connectivity index (χ3n) is 6.69. The molecule has 36 heavy (non-hydrogen) atoms. The van der Waals surface area contributed by atoms with Gasteiger partial charge in [0, 0.05) is 23.9 Å². The molecule has 1 amide bonds. The second-order valence-corrected chi connectivity index (χ2v) is 12.0. The third-order valence-corrected chi connectivity index (χ3v) is 7.86. The summed E-state index contributed by atoms with van der Waals surface area (Å²) < 4.78 is 6.08. The quantitative estimate of drug-likeness (QED) is 0.354. The number of thioether (sulfide) groups is 1. The molecule has 0 radical (unpaired) electrons. The van der Waals surface area contributed by atoms with Crippen molar-refractivity contribution in [3.05, 3.63) is 63.8 Å². The van der Waals surface area contributed by atoms with Gasteiger partial charge in [0.2, 0.25) is 5.91 Å². The van der Waals surface area contributed by atoms with E-state index < -0.39 is 11.6 Å². The van der Waals surface area contributed by atoms with Crippen LogP contribution in [0.15, 0.2) is 52.0 Å². The Labute approximate surface area is 218 Å². The Morgan fingerprint density at radius 1 is 1.17 bits per heavy atom. The van der Waals surface area contributed by atoms with Crippen molar-refractivity contribution in [3.8, 4) is 5.75 Å². The number of hydrogen-bond acceptors (Lipinski definition) is 6. The van der Waals surface area contributed by atoms with E-state index in [-0.39, 0.29) is 40.1 Å². The first-order valence-corrected chi connectivity index (χ1v) is 13.1. The van der Waals surface area contributed by atoms with Gasteiger partial charge in [0.05, 0.1) is 0 Å². The number of rotatable bonds is 7. The molecule has 1 aliphatic rings. The van der Waals surface area contributed by atoms with Crippen molar-refractivity contribution in [3.63, 3.8) is 0 Å². The van der Waals surface area contributed by atoms with Crippen LogP contribution >= 0.6 is 11.8 Å². The van der Waals surface area contributed by atoms with E-state index in [0.717, 1.165) is 27.3 Å². The summed E-state index contributed by atoms with van der Waals surface area (Å²) in [6, 6.07) is 10.9. The van der Waals surface area contributed by atoms with E-state index in [4.69, 9.17) is 4.74 Å². The van der Waals surface area contributed by atoms with E-state index >= 15 is 0 Å². The predicted octanol–water partition coefficient (Wildman–Crippen LogP) is 6.79. The molecule has 6 nitrogen and oxygen atoms in total. The number of nitrogens with one attached hydrogen (secondary N) is 1. The van der Waals surface area contributed by atoms with Gasteiger partial charge in [-0.1, -0.05) is 58.5 Å². The molecule has 0 saturated heterocycles. The summed E-state index contributed by atoms with van der Waals surface area (Å²) in [5, 5.41) is 23.5. The Morgan fingerprint density at radius 2 is 1.81 bits per heavy atom. The van der Waals surface area contributed by atoms with E-state index in [1.165, 1.54) is 18.7 Å². The van der Waals surface area contributed by atoms with Gasteiger partial charge in [-0.3, -0.25) is 4.79 Å². The zero-order valence-electron chi connectivity index (χ0n) is 22.2. The third kappa shape index (κ3) is 6.25. The second kappa shape index (κ2) is 10.6. The zero-order chi connectivity index (χ0) is 26.8. The molecule has 1 heterocycles. The van der Waals surface area contributed by atoms with Crippen molar-refractivity contribution in [2.24, 2.45) is 5.92 Å². The number of phenols is 1. The summed E-state index contributed by atoms with van der Waals surface area (Å²) in [5.41, 5.74) is 2.51. The normalized spacial score (nSPS) is 18.4. The van der Waals surface area contributed by atoms with Gasteiger partial charge in [-0.05, 0) is 72.1 Å². The maximum atomic E-state index is 13.3. The Morgan fingerprint density at radius 3 is 2.33 bits per heavy atom. The average Bonchev–Trinajstić information content (AvgIpc) is 2.76. The lowest BCUT2D eigenvalue weighted by atomic mass is 9.80. The number of aryl methyl sites for hydroxylation is 2. The number of carbonyl (C=O) groups is 2. The van der Waals surface area contributed by atoms with Crippen LogP contribution in [-0.2, 0) is 26.2 Å². The number of amides is 1. The van der Waals surface area contributed by atoms with Gasteiger partial charge in [0.25, 0.3) is 0 Å². The zero-order valence-corrected chi connectivity index (χ0v) is 23.0. The van der Waals surface area contributed by atoms with Crippen LogP contribution in [0, 0.1) is 12.8 Å². The van der Waals surface area contributed by atoms with Crippen molar-refractivity contribution in [1.29, 1.82) is 0 Å². The molecule has 0 bridgehead atoms. The highest BCUT2D eigenvalue weighted by atomic mass is 32.2. The fourth-order valence-corrected chi connectivity index (χ4v) is 5.65. The predicted molar refractivity (Wildman–Crippen MR) is 144 cm³/mol. The molecule has 0 saturated carbocycles. The van der Waals surface area contributed by atoms with Crippen molar-refractivity contribution < 1.29 is 24.5 Å². The van der Waals surface area contributed by atoms with Gasteiger partial charge < -0.3 is 20.3 Å². The Hall–Kier alpha value is -2.93. The van der Waals surface area contributed by atoms with Crippen LogP contribution in [-0.4, -0.2) is 27.7 Å². The van der Waals surface area contributed by atoms with Gasteiger partial charge in [0.15, 0.2) is 0 Å². The van der Waals surface area contributed by atoms with Crippen LogP contribution in [0.4, 0.5) is 5.69 Å². The largest absolute Gasteiger partial charge is 0.511 e. The number of aromatic hydroxyl groups is 1. The van der Waals surface area contributed by atoms with Gasteiger partial charge >= 0.3 is 5.97 Å². The maximum absolute atomic E-state index is 13.3. The van der Waals surface area contributed by atoms with Crippen LogP contribution in [0.25, 0.3) is 0 Å². The minimum Gasteiger partial charge on any atom is -0.511 e. The molecule has 0 aliphatic carbocycles. The molecule has 194 valence electrons. The summed E-state index contributed by atoms with van der Waals surface area (Å²) in [5.74, 6) is -0.423. The molecule has 3 rings (SSSR count). The molecule has 0 unspecified atom stereocenters. The highest BCUT2D eigenvalue weighted by Crippen LogP contribution is 2.45. The van der Waals surface area contributed by atoms with Gasteiger partial charge in [-0.2, -0.15) is 0 Å². The lowest BCUT2D eigenvalue weighted by Gasteiger charge is -2.40. The minimum atomic E-state index is -0.818. The van der Waals surface area contributed by atoms with Crippen molar-refractivity contribution in [1.82, 2.24) is 0 Å².